The summed E-state index contributed by atoms with van der Waals surface area (Å²) in [7, 11) is 0. The zero-order chi connectivity index (χ0) is 8.27. The molecule has 1 aliphatic carbocycles. The van der Waals surface area contributed by atoms with Crippen LogP contribution in [-0.4, -0.2) is 33.3 Å². The van der Waals surface area contributed by atoms with E-state index < -0.39 is 5.97 Å². The highest BCUT2D eigenvalue weighted by Crippen LogP contribution is 2.29. The van der Waals surface area contributed by atoms with Gasteiger partial charge in [0.15, 0.2) is 0 Å². The standard InChI is InChI=1S/C7H12O3S/c8-5-2-1-3-6(5)11-4-7(9)10/h5-6,8H,1-4H2,(H,9,10)/t5-,6-/m1/s1. The second-order valence-corrected chi connectivity index (χ2v) is 3.97. The topological polar surface area (TPSA) is 57.5 Å². The van der Waals surface area contributed by atoms with Gasteiger partial charge in [-0.2, -0.15) is 0 Å². The van der Waals surface area contributed by atoms with Crippen LogP contribution in [0.4, 0.5) is 0 Å². The Morgan fingerprint density at radius 1 is 1.55 bits per heavy atom. The summed E-state index contributed by atoms with van der Waals surface area (Å²) in [6.07, 6.45) is 2.54. The van der Waals surface area contributed by atoms with Crippen LogP contribution in [0.5, 0.6) is 0 Å². The molecule has 64 valence electrons. The van der Waals surface area contributed by atoms with Crippen LogP contribution in [-0.2, 0) is 4.79 Å². The lowest BCUT2D eigenvalue weighted by Crippen LogP contribution is -2.17. The van der Waals surface area contributed by atoms with E-state index in [1.165, 1.54) is 11.8 Å². The number of hydrogen-bond donors (Lipinski definition) is 2. The van der Waals surface area contributed by atoms with Crippen molar-refractivity contribution in [1.29, 1.82) is 0 Å². The summed E-state index contributed by atoms with van der Waals surface area (Å²) in [4.78, 5) is 10.2. The minimum Gasteiger partial charge on any atom is -0.481 e. The summed E-state index contributed by atoms with van der Waals surface area (Å²) in [5.41, 5.74) is 0. The smallest absolute Gasteiger partial charge is 0.313 e. The third-order valence-corrected chi connectivity index (χ3v) is 3.23. The molecule has 0 unspecified atom stereocenters. The maximum absolute atomic E-state index is 10.2. The van der Waals surface area contributed by atoms with E-state index in [4.69, 9.17) is 5.11 Å². The molecule has 0 bridgehead atoms. The van der Waals surface area contributed by atoms with Crippen LogP contribution in [0.25, 0.3) is 0 Å². The highest BCUT2D eigenvalue weighted by Gasteiger charge is 2.25. The Labute approximate surface area is 69.8 Å². The number of hydrogen-bond acceptors (Lipinski definition) is 3. The molecule has 0 spiro atoms. The molecule has 0 aliphatic heterocycles. The quantitative estimate of drug-likeness (QED) is 0.665. The van der Waals surface area contributed by atoms with Crippen LogP contribution >= 0.6 is 11.8 Å². The number of carboxylic acids is 1. The van der Waals surface area contributed by atoms with Gasteiger partial charge < -0.3 is 10.2 Å². The monoisotopic (exact) mass is 176 g/mol. The summed E-state index contributed by atoms with van der Waals surface area (Å²) < 4.78 is 0. The van der Waals surface area contributed by atoms with Gasteiger partial charge in [0, 0.05) is 5.25 Å². The van der Waals surface area contributed by atoms with E-state index in [0.29, 0.717) is 0 Å². The lowest BCUT2D eigenvalue weighted by atomic mass is 10.3. The van der Waals surface area contributed by atoms with E-state index in [-0.39, 0.29) is 17.1 Å². The van der Waals surface area contributed by atoms with Crippen molar-refractivity contribution >= 4 is 17.7 Å². The molecule has 0 saturated heterocycles. The fourth-order valence-electron chi connectivity index (χ4n) is 1.28. The van der Waals surface area contributed by atoms with Gasteiger partial charge in [0.05, 0.1) is 11.9 Å². The summed E-state index contributed by atoms with van der Waals surface area (Å²) in [5.74, 6) is -0.684. The summed E-state index contributed by atoms with van der Waals surface area (Å²) in [6, 6.07) is 0. The molecule has 4 heteroatoms. The number of carboxylic acid groups (broad SMARTS) is 1. The molecule has 0 aromatic heterocycles. The largest absolute Gasteiger partial charge is 0.481 e. The van der Waals surface area contributed by atoms with Crippen molar-refractivity contribution in [2.24, 2.45) is 0 Å². The minimum atomic E-state index is -0.797. The average Bonchev–Trinajstić information content (AvgIpc) is 2.31. The molecule has 0 radical (unpaired) electrons. The number of carbonyl (C=O) groups is 1. The van der Waals surface area contributed by atoms with Crippen LogP contribution in [0, 0.1) is 0 Å². The highest BCUT2D eigenvalue weighted by atomic mass is 32.2. The van der Waals surface area contributed by atoms with Crippen LogP contribution in [0.1, 0.15) is 19.3 Å². The van der Waals surface area contributed by atoms with Crippen molar-refractivity contribution in [2.45, 2.75) is 30.6 Å². The van der Waals surface area contributed by atoms with Crippen LogP contribution < -0.4 is 0 Å². The first kappa shape index (κ1) is 8.87. The second kappa shape index (κ2) is 3.97. The first-order valence-electron chi connectivity index (χ1n) is 3.71. The molecule has 2 N–H and O–H groups in total. The summed E-state index contributed by atoms with van der Waals surface area (Å²) >= 11 is 1.35. The van der Waals surface area contributed by atoms with Crippen molar-refractivity contribution in [1.82, 2.24) is 0 Å². The Hall–Kier alpha value is -0.220. The zero-order valence-corrected chi connectivity index (χ0v) is 7.01. The van der Waals surface area contributed by atoms with Gasteiger partial charge in [0.1, 0.15) is 0 Å². The van der Waals surface area contributed by atoms with Crippen LogP contribution in [0.2, 0.25) is 0 Å². The van der Waals surface area contributed by atoms with E-state index in [2.05, 4.69) is 0 Å². The Kier molecular flexibility index (Phi) is 3.20. The molecule has 1 saturated carbocycles. The molecule has 1 aliphatic rings. The van der Waals surface area contributed by atoms with Gasteiger partial charge in [-0.25, -0.2) is 0 Å². The predicted octanol–water partition coefficient (Wildman–Crippen LogP) is 0.718. The third-order valence-electron chi connectivity index (χ3n) is 1.84. The van der Waals surface area contributed by atoms with E-state index in [0.717, 1.165) is 19.3 Å². The molecule has 1 rings (SSSR count). The number of aliphatic carboxylic acids is 1. The highest BCUT2D eigenvalue weighted by molar-refractivity contribution is 8.00. The fourth-order valence-corrected chi connectivity index (χ4v) is 2.33. The molecular weight excluding hydrogens is 164 g/mol. The Bertz CT molecular complexity index is 149. The van der Waals surface area contributed by atoms with Crippen molar-refractivity contribution in [2.75, 3.05) is 5.75 Å². The zero-order valence-electron chi connectivity index (χ0n) is 6.19. The minimum absolute atomic E-state index is 0.113. The SMILES string of the molecule is O=C(O)CS[C@@H]1CCC[C@H]1O. The van der Waals surface area contributed by atoms with E-state index >= 15 is 0 Å². The Morgan fingerprint density at radius 2 is 2.27 bits per heavy atom. The van der Waals surface area contributed by atoms with Crippen molar-refractivity contribution in [3.05, 3.63) is 0 Å². The van der Waals surface area contributed by atoms with Gasteiger partial charge in [-0.15, -0.1) is 11.8 Å². The molecule has 0 aromatic rings. The Balaban J connectivity index is 2.20. The predicted molar refractivity (Wildman–Crippen MR) is 43.7 cm³/mol. The fraction of sp³-hybridized carbons (Fsp3) is 0.857. The normalized spacial score (nSPS) is 30.6. The lowest BCUT2D eigenvalue weighted by Gasteiger charge is -2.11. The van der Waals surface area contributed by atoms with E-state index in [1.54, 1.807) is 0 Å². The van der Waals surface area contributed by atoms with E-state index in [1.807, 2.05) is 0 Å². The van der Waals surface area contributed by atoms with Crippen LogP contribution in [0.3, 0.4) is 0 Å². The van der Waals surface area contributed by atoms with Gasteiger partial charge in [0.2, 0.25) is 0 Å². The van der Waals surface area contributed by atoms with Gasteiger partial charge in [-0.3, -0.25) is 4.79 Å². The van der Waals surface area contributed by atoms with Crippen molar-refractivity contribution in [3.63, 3.8) is 0 Å². The molecule has 0 aromatic carbocycles. The van der Waals surface area contributed by atoms with Gasteiger partial charge >= 0.3 is 5.97 Å². The molecule has 0 heterocycles. The number of thioether (sulfide) groups is 1. The van der Waals surface area contributed by atoms with Crippen LogP contribution in [0.15, 0.2) is 0 Å². The first-order valence-corrected chi connectivity index (χ1v) is 4.76. The maximum Gasteiger partial charge on any atom is 0.313 e. The molecular formula is C7H12O3S. The van der Waals surface area contributed by atoms with Crippen molar-refractivity contribution in [3.8, 4) is 0 Å². The van der Waals surface area contributed by atoms with E-state index in [9.17, 15) is 9.90 Å². The first-order chi connectivity index (χ1) is 5.20. The number of rotatable bonds is 3. The van der Waals surface area contributed by atoms with Crippen molar-refractivity contribution < 1.29 is 15.0 Å². The van der Waals surface area contributed by atoms with Gasteiger partial charge in [-0.05, 0) is 19.3 Å². The average molecular weight is 176 g/mol. The molecule has 11 heavy (non-hydrogen) atoms. The molecule has 2 atom stereocenters. The molecule has 1 fully saturated rings. The third kappa shape index (κ3) is 2.71. The lowest BCUT2D eigenvalue weighted by molar-refractivity contribution is -0.133. The van der Waals surface area contributed by atoms with Gasteiger partial charge in [0.25, 0.3) is 0 Å². The number of aliphatic hydroxyl groups excluding tert-OH is 1. The summed E-state index contributed by atoms with van der Waals surface area (Å²) in [5, 5.41) is 17.8. The number of aliphatic hydroxyl groups is 1. The van der Waals surface area contributed by atoms with Gasteiger partial charge in [-0.1, -0.05) is 0 Å². The second-order valence-electron chi connectivity index (χ2n) is 2.74. The Morgan fingerprint density at radius 3 is 2.73 bits per heavy atom. The molecule has 3 nitrogen and oxygen atoms in total. The maximum atomic E-state index is 10.2. The molecule has 0 amide bonds. The summed E-state index contributed by atoms with van der Waals surface area (Å²) in [6.45, 7) is 0.